The van der Waals surface area contributed by atoms with Crippen molar-refractivity contribution in [3.8, 4) is 0 Å². The number of anilines is 1. The Morgan fingerprint density at radius 2 is 2.30 bits per heavy atom. The van der Waals surface area contributed by atoms with Crippen LogP contribution in [0.1, 0.15) is 25.7 Å². The molecule has 0 spiro atoms. The molecule has 0 bridgehead atoms. The molecule has 0 saturated carbocycles. The predicted octanol–water partition coefficient (Wildman–Crippen LogP) is 2.20. The number of nitrogens with one attached hydrogen (secondary N) is 1. The largest absolute Gasteiger partial charge is 0.396 e. The number of hydrogen-bond donors (Lipinski definition) is 2. The number of aliphatic hydroxyl groups is 1. The van der Waals surface area contributed by atoms with Gasteiger partial charge in [0, 0.05) is 42.9 Å². The molecule has 1 fully saturated rings. The van der Waals surface area contributed by atoms with Crippen molar-refractivity contribution < 1.29 is 9.90 Å². The lowest BCUT2D eigenvalue weighted by Crippen LogP contribution is -2.37. The maximum Gasteiger partial charge on any atom is 0.220 e. The Balaban J connectivity index is 1.79. The smallest absolute Gasteiger partial charge is 0.220 e. The molecule has 1 heterocycles. The van der Waals surface area contributed by atoms with Crippen LogP contribution in [-0.4, -0.2) is 36.8 Å². The van der Waals surface area contributed by atoms with Crippen LogP contribution < -0.4 is 10.2 Å². The lowest BCUT2D eigenvalue weighted by atomic mass is 10.2. The molecule has 110 valence electrons. The second kappa shape index (κ2) is 7.50. The van der Waals surface area contributed by atoms with Crippen LogP contribution >= 0.6 is 11.6 Å². The highest BCUT2D eigenvalue weighted by Gasteiger charge is 2.23. The summed E-state index contributed by atoms with van der Waals surface area (Å²) in [5, 5.41) is 12.5. The van der Waals surface area contributed by atoms with Gasteiger partial charge >= 0.3 is 0 Å². The van der Waals surface area contributed by atoms with Crippen molar-refractivity contribution in [2.24, 2.45) is 0 Å². The third-order valence-electron chi connectivity index (χ3n) is 3.54. The van der Waals surface area contributed by atoms with Crippen LogP contribution in [0.3, 0.4) is 0 Å². The molecule has 1 aromatic carbocycles. The quantitative estimate of drug-likeness (QED) is 0.791. The Hall–Kier alpha value is -1.26. The van der Waals surface area contributed by atoms with E-state index in [-0.39, 0.29) is 18.6 Å². The van der Waals surface area contributed by atoms with Crippen LogP contribution in [0.4, 0.5) is 5.69 Å². The standard InChI is InChI=1S/C15H21ClN2O2/c16-12-4-3-5-14(10-12)18-8-7-13(11-18)17-15(20)6-1-2-9-19/h3-5,10,13,19H,1-2,6-9,11H2,(H,17,20)/t13-/m1/s1. The Bertz CT molecular complexity index is 453. The van der Waals surface area contributed by atoms with Crippen molar-refractivity contribution in [2.75, 3.05) is 24.6 Å². The first-order valence-corrected chi connectivity index (χ1v) is 7.47. The number of unbranched alkanes of at least 4 members (excludes halogenated alkanes) is 1. The number of aliphatic hydroxyl groups excluding tert-OH is 1. The first-order valence-electron chi connectivity index (χ1n) is 7.10. The van der Waals surface area contributed by atoms with Gasteiger partial charge < -0.3 is 15.3 Å². The highest BCUT2D eigenvalue weighted by molar-refractivity contribution is 6.30. The molecule has 0 aromatic heterocycles. The zero-order chi connectivity index (χ0) is 14.4. The molecule has 1 aliphatic heterocycles. The molecule has 20 heavy (non-hydrogen) atoms. The second-order valence-electron chi connectivity index (χ2n) is 5.16. The average Bonchev–Trinajstić information content (AvgIpc) is 2.87. The topological polar surface area (TPSA) is 52.6 Å². The summed E-state index contributed by atoms with van der Waals surface area (Å²) in [4.78, 5) is 14.0. The Labute approximate surface area is 124 Å². The molecule has 2 N–H and O–H groups in total. The summed E-state index contributed by atoms with van der Waals surface area (Å²) in [5.41, 5.74) is 1.11. The SMILES string of the molecule is O=C(CCCCO)N[C@@H]1CCN(c2cccc(Cl)c2)C1. The minimum atomic E-state index is 0.0800. The molecule has 1 atom stereocenters. The van der Waals surface area contributed by atoms with Gasteiger partial charge in [-0.2, -0.15) is 0 Å². The zero-order valence-corrected chi connectivity index (χ0v) is 12.3. The number of benzene rings is 1. The number of rotatable bonds is 6. The van der Waals surface area contributed by atoms with Gasteiger partial charge in [-0.25, -0.2) is 0 Å². The van der Waals surface area contributed by atoms with Crippen LogP contribution in [0, 0.1) is 0 Å². The first-order chi connectivity index (χ1) is 9.69. The molecular formula is C15H21ClN2O2. The maximum absolute atomic E-state index is 11.7. The van der Waals surface area contributed by atoms with Crippen LogP contribution in [-0.2, 0) is 4.79 Å². The fourth-order valence-electron chi connectivity index (χ4n) is 2.48. The number of hydrogen-bond acceptors (Lipinski definition) is 3. The van der Waals surface area contributed by atoms with Gasteiger partial charge in [-0.05, 0) is 37.5 Å². The summed E-state index contributed by atoms with van der Waals surface area (Å²) in [7, 11) is 0. The fraction of sp³-hybridized carbons (Fsp3) is 0.533. The van der Waals surface area contributed by atoms with E-state index in [4.69, 9.17) is 16.7 Å². The number of nitrogens with zero attached hydrogens (tertiary/aromatic N) is 1. The van der Waals surface area contributed by atoms with Crippen LogP contribution in [0.25, 0.3) is 0 Å². The predicted molar refractivity (Wildman–Crippen MR) is 81.1 cm³/mol. The van der Waals surface area contributed by atoms with E-state index in [1.54, 1.807) is 0 Å². The Morgan fingerprint density at radius 1 is 1.45 bits per heavy atom. The van der Waals surface area contributed by atoms with Gasteiger partial charge in [0.1, 0.15) is 0 Å². The maximum atomic E-state index is 11.7. The van der Waals surface area contributed by atoms with E-state index in [1.165, 1.54) is 0 Å². The minimum absolute atomic E-state index is 0.0800. The third-order valence-corrected chi connectivity index (χ3v) is 3.77. The van der Waals surface area contributed by atoms with Crippen molar-refractivity contribution >= 4 is 23.2 Å². The van der Waals surface area contributed by atoms with Crippen molar-refractivity contribution in [2.45, 2.75) is 31.7 Å². The second-order valence-corrected chi connectivity index (χ2v) is 5.60. The molecule has 5 heteroatoms. The van der Waals surface area contributed by atoms with Gasteiger partial charge in [0.05, 0.1) is 0 Å². The average molecular weight is 297 g/mol. The van der Waals surface area contributed by atoms with Gasteiger partial charge in [-0.3, -0.25) is 4.79 Å². The molecule has 1 amide bonds. The summed E-state index contributed by atoms with van der Waals surface area (Å²) in [6.07, 6.45) is 2.88. The van der Waals surface area contributed by atoms with Gasteiger partial charge in [-0.15, -0.1) is 0 Å². The van der Waals surface area contributed by atoms with E-state index in [0.717, 1.165) is 36.6 Å². The van der Waals surface area contributed by atoms with E-state index in [0.29, 0.717) is 12.8 Å². The lowest BCUT2D eigenvalue weighted by molar-refractivity contribution is -0.121. The van der Waals surface area contributed by atoms with E-state index in [1.807, 2.05) is 24.3 Å². The summed E-state index contributed by atoms with van der Waals surface area (Å²) in [6.45, 7) is 1.91. The molecule has 1 aromatic rings. The van der Waals surface area contributed by atoms with E-state index in [2.05, 4.69) is 10.2 Å². The summed E-state index contributed by atoms with van der Waals surface area (Å²) in [6, 6.07) is 8.00. The molecule has 1 saturated heterocycles. The monoisotopic (exact) mass is 296 g/mol. The van der Waals surface area contributed by atoms with Gasteiger partial charge in [0.25, 0.3) is 0 Å². The fourth-order valence-corrected chi connectivity index (χ4v) is 2.67. The molecule has 0 unspecified atom stereocenters. The molecule has 1 aliphatic rings. The Morgan fingerprint density at radius 3 is 3.05 bits per heavy atom. The molecule has 4 nitrogen and oxygen atoms in total. The lowest BCUT2D eigenvalue weighted by Gasteiger charge is -2.19. The first kappa shape index (κ1) is 15.1. The van der Waals surface area contributed by atoms with E-state index < -0.39 is 0 Å². The summed E-state index contributed by atoms with van der Waals surface area (Å²) < 4.78 is 0. The number of amides is 1. The van der Waals surface area contributed by atoms with Crippen molar-refractivity contribution in [3.63, 3.8) is 0 Å². The van der Waals surface area contributed by atoms with Gasteiger partial charge in [0.15, 0.2) is 0 Å². The molecule has 0 aliphatic carbocycles. The third kappa shape index (κ3) is 4.39. The van der Waals surface area contributed by atoms with Crippen LogP contribution in [0.5, 0.6) is 0 Å². The van der Waals surface area contributed by atoms with Gasteiger partial charge in [0.2, 0.25) is 5.91 Å². The summed E-state index contributed by atoms with van der Waals surface area (Å²) in [5.74, 6) is 0.0800. The van der Waals surface area contributed by atoms with Crippen molar-refractivity contribution in [1.29, 1.82) is 0 Å². The van der Waals surface area contributed by atoms with Crippen molar-refractivity contribution in [3.05, 3.63) is 29.3 Å². The Kier molecular flexibility index (Phi) is 5.68. The normalized spacial score (nSPS) is 18.3. The molecule has 0 radical (unpaired) electrons. The van der Waals surface area contributed by atoms with Crippen LogP contribution in [0.2, 0.25) is 5.02 Å². The van der Waals surface area contributed by atoms with E-state index >= 15 is 0 Å². The molecule has 2 rings (SSSR count). The number of carbonyl (C=O) groups excluding carboxylic acids is 1. The number of halogens is 1. The zero-order valence-electron chi connectivity index (χ0n) is 11.5. The van der Waals surface area contributed by atoms with Crippen molar-refractivity contribution in [1.82, 2.24) is 5.32 Å². The van der Waals surface area contributed by atoms with Gasteiger partial charge in [-0.1, -0.05) is 17.7 Å². The highest BCUT2D eigenvalue weighted by Crippen LogP contribution is 2.23. The van der Waals surface area contributed by atoms with E-state index in [9.17, 15) is 4.79 Å². The summed E-state index contributed by atoms with van der Waals surface area (Å²) >= 11 is 6.00. The van der Waals surface area contributed by atoms with Crippen LogP contribution in [0.15, 0.2) is 24.3 Å². The molecular weight excluding hydrogens is 276 g/mol. The highest BCUT2D eigenvalue weighted by atomic mass is 35.5. The number of carbonyl (C=O) groups is 1. The minimum Gasteiger partial charge on any atom is -0.396 e.